The fraction of sp³-hybridized carbons (Fsp3) is 0.0400. The molecule has 0 radical (unpaired) electrons. The van der Waals surface area contributed by atoms with Gasteiger partial charge in [-0.3, -0.25) is 9.78 Å². The van der Waals surface area contributed by atoms with Gasteiger partial charge in [-0.05, 0) is 48.9 Å². The molecule has 3 aromatic carbocycles. The highest BCUT2D eigenvalue weighted by Crippen LogP contribution is 2.36. The van der Waals surface area contributed by atoms with Crippen molar-refractivity contribution >= 4 is 28.4 Å². The van der Waals surface area contributed by atoms with Crippen molar-refractivity contribution in [2.45, 2.75) is 6.92 Å². The number of aromatic carboxylic acids is 1. The van der Waals surface area contributed by atoms with E-state index in [1.165, 1.54) is 6.07 Å². The average molecular weight is 453 g/mol. The molecular formula is C25H19N5O4. The Balaban J connectivity index is 1.76. The first-order chi connectivity index (χ1) is 16.4. The van der Waals surface area contributed by atoms with Crippen molar-refractivity contribution in [2.75, 3.05) is 5.32 Å². The average Bonchev–Trinajstić information content (AvgIpc) is 3.15. The number of carboxylic acids is 1. The summed E-state index contributed by atoms with van der Waals surface area (Å²) < 4.78 is 1.70. The van der Waals surface area contributed by atoms with Crippen LogP contribution in [0.2, 0.25) is 0 Å². The molecule has 4 N–H and O–H groups in total. The molecular weight excluding hydrogens is 434 g/mol. The van der Waals surface area contributed by atoms with Gasteiger partial charge >= 0.3 is 11.7 Å². The third-order valence-corrected chi connectivity index (χ3v) is 5.50. The summed E-state index contributed by atoms with van der Waals surface area (Å²) in [4.78, 5) is 40.7. The summed E-state index contributed by atoms with van der Waals surface area (Å²) in [5.41, 5.74) is 2.66. The zero-order chi connectivity index (χ0) is 23.8. The molecule has 168 valence electrons. The van der Waals surface area contributed by atoms with Gasteiger partial charge in [0.1, 0.15) is 5.82 Å². The van der Waals surface area contributed by atoms with Gasteiger partial charge in [0, 0.05) is 5.56 Å². The number of carbonyl (C=O) groups is 1. The normalized spacial score (nSPS) is 11.0. The van der Waals surface area contributed by atoms with Crippen LogP contribution >= 0.6 is 0 Å². The van der Waals surface area contributed by atoms with Gasteiger partial charge in [0.2, 0.25) is 0 Å². The van der Waals surface area contributed by atoms with Crippen molar-refractivity contribution in [2.24, 2.45) is 0 Å². The molecule has 0 unspecified atom stereocenters. The van der Waals surface area contributed by atoms with Crippen molar-refractivity contribution in [1.29, 1.82) is 0 Å². The lowest BCUT2D eigenvalue weighted by Crippen LogP contribution is -2.21. The maximum absolute atomic E-state index is 12.4. The molecule has 9 heteroatoms. The van der Waals surface area contributed by atoms with Crippen LogP contribution < -0.4 is 16.6 Å². The van der Waals surface area contributed by atoms with E-state index in [4.69, 9.17) is 5.10 Å². The number of nitrogens with one attached hydrogen (secondary N) is 3. The fourth-order valence-corrected chi connectivity index (χ4v) is 3.97. The number of rotatable bonds is 5. The topological polar surface area (TPSA) is 133 Å². The van der Waals surface area contributed by atoms with Crippen molar-refractivity contribution in [3.8, 4) is 16.8 Å². The molecule has 0 aliphatic heterocycles. The van der Waals surface area contributed by atoms with Gasteiger partial charge in [-0.2, -0.15) is 5.10 Å². The Morgan fingerprint density at radius 3 is 2.47 bits per heavy atom. The number of benzene rings is 3. The highest BCUT2D eigenvalue weighted by atomic mass is 16.4. The van der Waals surface area contributed by atoms with E-state index in [-0.39, 0.29) is 5.56 Å². The van der Waals surface area contributed by atoms with Crippen LogP contribution in [-0.2, 0) is 0 Å². The van der Waals surface area contributed by atoms with Gasteiger partial charge in [-0.15, -0.1) is 0 Å². The highest BCUT2D eigenvalue weighted by molar-refractivity contribution is 5.96. The minimum Gasteiger partial charge on any atom is -0.478 e. The van der Waals surface area contributed by atoms with Crippen LogP contribution in [0.4, 0.5) is 11.5 Å². The Hall–Kier alpha value is -4.92. The number of para-hydroxylation sites is 2. The number of H-pyrrole nitrogens is 2. The minimum absolute atomic E-state index is 0.111. The monoisotopic (exact) mass is 453 g/mol. The molecule has 0 saturated carbocycles. The second kappa shape index (κ2) is 8.21. The van der Waals surface area contributed by atoms with Crippen LogP contribution in [0, 0.1) is 6.92 Å². The zero-order valence-electron chi connectivity index (χ0n) is 18.0. The van der Waals surface area contributed by atoms with Crippen LogP contribution in [0.5, 0.6) is 0 Å². The smallest absolute Gasteiger partial charge is 0.337 e. The van der Waals surface area contributed by atoms with E-state index in [0.29, 0.717) is 39.2 Å². The quantitative estimate of drug-likeness (QED) is 0.320. The third-order valence-electron chi connectivity index (χ3n) is 5.50. The van der Waals surface area contributed by atoms with Crippen LogP contribution in [0.15, 0.2) is 82.4 Å². The van der Waals surface area contributed by atoms with Gasteiger partial charge < -0.3 is 15.4 Å². The maximum Gasteiger partial charge on any atom is 0.337 e. The highest BCUT2D eigenvalue weighted by Gasteiger charge is 2.21. The van der Waals surface area contributed by atoms with E-state index in [9.17, 15) is 19.5 Å². The Morgan fingerprint density at radius 1 is 0.971 bits per heavy atom. The van der Waals surface area contributed by atoms with Crippen LogP contribution in [0.1, 0.15) is 16.1 Å². The molecule has 0 amide bonds. The van der Waals surface area contributed by atoms with Crippen molar-refractivity contribution in [1.82, 2.24) is 19.7 Å². The molecule has 0 fully saturated rings. The molecule has 0 spiro atoms. The number of carboxylic acid groups (broad SMARTS) is 1. The molecule has 0 aliphatic carbocycles. The van der Waals surface area contributed by atoms with Crippen LogP contribution in [0.3, 0.4) is 0 Å². The number of anilines is 2. The Morgan fingerprint density at radius 2 is 1.71 bits per heavy atom. The van der Waals surface area contributed by atoms with Crippen LogP contribution in [-0.4, -0.2) is 30.8 Å². The first-order valence-corrected chi connectivity index (χ1v) is 10.4. The summed E-state index contributed by atoms with van der Waals surface area (Å²) in [6.45, 7) is 1.84. The van der Waals surface area contributed by atoms with Gasteiger partial charge in [0.25, 0.3) is 5.56 Å². The molecule has 0 aliphatic rings. The number of hydrogen-bond donors (Lipinski definition) is 4. The Kier molecular flexibility index (Phi) is 5.06. The van der Waals surface area contributed by atoms with E-state index < -0.39 is 17.2 Å². The second-order valence-corrected chi connectivity index (χ2v) is 7.70. The summed E-state index contributed by atoms with van der Waals surface area (Å²) in [5, 5.41) is 17.9. The van der Waals surface area contributed by atoms with E-state index in [0.717, 1.165) is 5.69 Å². The lowest BCUT2D eigenvalue weighted by molar-refractivity contribution is 0.0698. The first-order valence-electron chi connectivity index (χ1n) is 10.4. The lowest BCUT2D eigenvalue weighted by atomic mass is 10.0. The summed E-state index contributed by atoms with van der Waals surface area (Å²) in [6.07, 6.45) is 0. The van der Waals surface area contributed by atoms with Crippen molar-refractivity contribution in [3.63, 3.8) is 0 Å². The van der Waals surface area contributed by atoms with Crippen molar-refractivity contribution < 1.29 is 9.90 Å². The summed E-state index contributed by atoms with van der Waals surface area (Å²) in [7, 11) is 0. The number of fused-ring (bicyclic) bond motifs is 1. The molecule has 2 aromatic heterocycles. The minimum atomic E-state index is -1.06. The predicted octanol–water partition coefficient (Wildman–Crippen LogP) is 3.82. The number of aromatic amines is 2. The maximum atomic E-state index is 12.4. The molecule has 9 nitrogen and oxygen atoms in total. The van der Waals surface area contributed by atoms with E-state index in [1.807, 2.05) is 37.3 Å². The van der Waals surface area contributed by atoms with Gasteiger partial charge in [0.05, 0.1) is 33.5 Å². The summed E-state index contributed by atoms with van der Waals surface area (Å²) in [5.74, 6) is -0.522. The van der Waals surface area contributed by atoms with Gasteiger partial charge in [-0.1, -0.05) is 36.4 Å². The second-order valence-electron chi connectivity index (χ2n) is 7.70. The van der Waals surface area contributed by atoms with E-state index in [2.05, 4.69) is 15.3 Å². The summed E-state index contributed by atoms with van der Waals surface area (Å²) >= 11 is 0. The Labute approximate surface area is 192 Å². The van der Waals surface area contributed by atoms with E-state index >= 15 is 0 Å². The molecule has 0 saturated heterocycles. The lowest BCUT2D eigenvalue weighted by Gasteiger charge is -2.14. The molecule has 5 aromatic rings. The number of hydrogen-bond acceptors (Lipinski definition) is 5. The Bertz CT molecular complexity index is 1660. The number of nitrogens with zero attached hydrogens (tertiary/aromatic N) is 2. The van der Waals surface area contributed by atoms with Crippen molar-refractivity contribution in [3.05, 3.63) is 105 Å². The molecule has 0 atom stereocenters. The zero-order valence-corrected chi connectivity index (χ0v) is 18.0. The van der Waals surface area contributed by atoms with Crippen LogP contribution in [0.25, 0.3) is 27.7 Å². The first kappa shape index (κ1) is 21.0. The largest absolute Gasteiger partial charge is 0.478 e. The fourth-order valence-electron chi connectivity index (χ4n) is 3.97. The molecule has 0 bridgehead atoms. The van der Waals surface area contributed by atoms with Gasteiger partial charge in [0.15, 0.2) is 0 Å². The molecule has 34 heavy (non-hydrogen) atoms. The molecule has 5 rings (SSSR count). The predicted molar refractivity (Wildman–Crippen MR) is 129 cm³/mol. The van der Waals surface area contributed by atoms with Gasteiger partial charge in [-0.25, -0.2) is 14.3 Å². The SMILES string of the molecule is Cc1nn(-c2ccccc2)c(Nc2ccccc2C(=O)O)c1-c1ccc2[nH]c(=O)[nH]c(=O)c2c1. The number of aryl methyl sites for hydroxylation is 1. The third kappa shape index (κ3) is 3.65. The summed E-state index contributed by atoms with van der Waals surface area (Å²) in [6, 6.07) is 21.2. The number of aromatic nitrogens is 4. The molecule has 2 heterocycles. The standard InChI is InChI=1S/C25H19N5O4/c1-14-21(15-11-12-20-18(13-15)23(31)28-25(34)27-20)22(30(29-14)16-7-3-2-4-8-16)26-19-10-6-5-9-17(19)24(32)33/h2-13,26H,1H3,(H,32,33)(H2,27,28,31,34). The van der Waals surface area contributed by atoms with E-state index in [1.54, 1.807) is 41.1 Å².